The number of aromatic nitrogens is 2. The quantitative estimate of drug-likeness (QED) is 0.790. The second-order valence-electron chi connectivity index (χ2n) is 4.40. The van der Waals surface area contributed by atoms with Crippen LogP contribution in [-0.2, 0) is 6.54 Å². The van der Waals surface area contributed by atoms with Crippen molar-refractivity contribution in [2.45, 2.75) is 25.8 Å². The fourth-order valence-electron chi connectivity index (χ4n) is 1.88. The van der Waals surface area contributed by atoms with Crippen molar-refractivity contribution in [3.8, 4) is 5.75 Å². The van der Waals surface area contributed by atoms with Crippen LogP contribution in [0.1, 0.15) is 29.0 Å². The van der Waals surface area contributed by atoms with Crippen LogP contribution >= 0.6 is 11.6 Å². The molecule has 1 unspecified atom stereocenters. The molecule has 1 atom stereocenters. The molecule has 18 heavy (non-hydrogen) atoms. The normalized spacial score (nSPS) is 12.4. The molecular formula is C14H17ClN2O. The van der Waals surface area contributed by atoms with Crippen LogP contribution in [0.5, 0.6) is 5.75 Å². The predicted octanol–water partition coefficient (Wildman–Crippen LogP) is 3.55. The molecule has 3 nitrogen and oxygen atoms in total. The van der Waals surface area contributed by atoms with Gasteiger partial charge in [-0.2, -0.15) is 5.10 Å². The summed E-state index contributed by atoms with van der Waals surface area (Å²) >= 11 is 6.03. The maximum absolute atomic E-state index is 6.03. The van der Waals surface area contributed by atoms with E-state index in [1.807, 2.05) is 29.9 Å². The van der Waals surface area contributed by atoms with Gasteiger partial charge in [0.1, 0.15) is 5.75 Å². The Balaban J connectivity index is 2.24. The minimum atomic E-state index is -0.0156. The van der Waals surface area contributed by atoms with Gasteiger partial charge in [0.15, 0.2) is 0 Å². The second kappa shape index (κ2) is 5.44. The van der Waals surface area contributed by atoms with Crippen molar-refractivity contribution in [1.29, 1.82) is 0 Å². The Hall–Kier alpha value is -1.48. The van der Waals surface area contributed by atoms with E-state index in [4.69, 9.17) is 16.3 Å². The Morgan fingerprint density at radius 1 is 1.44 bits per heavy atom. The molecule has 96 valence electrons. The Morgan fingerprint density at radius 2 is 2.22 bits per heavy atom. The highest BCUT2D eigenvalue weighted by Crippen LogP contribution is 2.22. The largest absolute Gasteiger partial charge is 0.496 e. The topological polar surface area (TPSA) is 27.1 Å². The van der Waals surface area contributed by atoms with Crippen molar-refractivity contribution in [2.75, 3.05) is 7.11 Å². The molecule has 2 rings (SSSR count). The molecule has 0 aliphatic heterocycles. The van der Waals surface area contributed by atoms with Crippen molar-refractivity contribution in [2.24, 2.45) is 0 Å². The van der Waals surface area contributed by atoms with Crippen LogP contribution in [-0.4, -0.2) is 16.9 Å². The van der Waals surface area contributed by atoms with E-state index in [2.05, 4.69) is 18.1 Å². The van der Waals surface area contributed by atoms with Gasteiger partial charge < -0.3 is 4.74 Å². The van der Waals surface area contributed by atoms with E-state index in [9.17, 15) is 0 Å². The van der Waals surface area contributed by atoms with Crippen molar-refractivity contribution < 1.29 is 4.74 Å². The third kappa shape index (κ3) is 2.85. The Kier molecular flexibility index (Phi) is 3.92. The number of alkyl halides is 1. The summed E-state index contributed by atoms with van der Waals surface area (Å²) in [6, 6.07) is 6.14. The van der Waals surface area contributed by atoms with Crippen LogP contribution in [0.2, 0.25) is 0 Å². The molecule has 1 heterocycles. The minimum Gasteiger partial charge on any atom is -0.496 e. The summed E-state index contributed by atoms with van der Waals surface area (Å²) in [6.45, 7) is 4.70. The van der Waals surface area contributed by atoms with Crippen molar-refractivity contribution in [3.05, 3.63) is 47.3 Å². The highest BCUT2D eigenvalue weighted by Gasteiger charge is 2.07. The molecule has 0 saturated heterocycles. The number of rotatable bonds is 4. The van der Waals surface area contributed by atoms with Crippen molar-refractivity contribution >= 4 is 11.6 Å². The lowest BCUT2D eigenvalue weighted by atomic mass is 10.1. The lowest BCUT2D eigenvalue weighted by Crippen LogP contribution is -2.02. The van der Waals surface area contributed by atoms with Gasteiger partial charge >= 0.3 is 0 Å². The zero-order valence-corrected chi connectivity index (χ0v) is 11.6. The summed E-state index contributed by atoms with van der Waals surface area (Å²) in [6.07, 6.45) is 3.78. The lowest BCUT2D eigenvalue weighted by Gasteiger charge is -2.09. The van der Waals surface area contributed by atoms with Crippen LogP contribution in [0.15, 0.2) is 30.6 Å². The number of hydrogen-bond donors (Lipinski definition) is 0. The van der Waals surface area contributed by atoms with Gasteiger partial charge in [-0.1, -0.05) is 17.7 Å². The van der Waals surface area contributed by atoms with E-state index >= 15 is 0 Å². The molecule has 1 aromatic carbocycles. The van der Waals surface area contributed by atoms with Gasteiger partial charge in [0, 0.05) is 17.3 Å². The van der Waals surface area contributed by atoms with Gasteiger partial charge in [-0.3, -0.25) is 4.68 Å². The summed E-state index contributed by atoms with van der Waals surface area (Å²) in [5.74, 6) is 0.886. The zero-order valence-electron chi connectivity index (χ0n) is 10.9. The maximum Gasteiger partial charge on any atom is 0.123 e. The van der Waals surface area contributed by atoms with Gasteiger partial charge in [0.2, 0.25) is 0 Å². The van der Waals surface area contributed by atoms with Gasteiger partial charge in [-0.05, 0) is 19.9 Å². The summed E-state index contributed by atoms with van der Waals surface area (Å²) in [5, 5.41) is 4.30. The number of aryl methyl sites for hydroxylation is 1. The molecule has 0 fully saturated rings. The Labute approximate surface area is 112 Å². The Bertz CT molecular complexity index is 534. The molecule has 2 aromatic rings. The first-order valence-corrected chi connectivity index (χ1v) is 6.33. The molecule has 0 aliphatic rings. The van der Waals surface area contributed by atoms with Crippen LogP contribution in [0.3, 0.4) is 0 Å². The van der Waals surface area contributed by atoms with E-state index in [-0.39, 0.29) is 5.38 Å². The lowest BCUT2D eigenvalue weighted by molar-refractivity contribution is 0.407. The number of halogens is 1. The predicted molar refractivity (Wildman–Crippen MR) is 73.3 cm³/mol. The molecule has 0 amide bonds. The number of benzene rings is 1. The van der Waals surface area contributed by atoms with Gasteiger partial charge in [0.25, 0.3) is 0 Å². The number of hydrogen-bond acceptors (Lipinski definition) is 2. The zero-order chi connectivity index (χ0) is 13.1. The molecule has 4 heteroatoms. The van der Waals surface area contributed by atoms with E-state index in [0.29, 0.717) is 6.54 Å². The monoisotopic (exact) mass is 264 g/mol. The highest BCUT2D eigenvalue weighted by atomic mass is 35.5. The third-order valence-corrected chi connectivity index (χ3v) is 3.13. The summed E-state index contributed by atoms with van der Waals surface area (Å²) in [4.78, 5) is 0. The number of methoxy groups -OCH3 is 1. The van der Waals surface area contributed by atoms with Gasteiger partial charge in [-0.25, -0.2) is 0 Å². The standard InChI is InChI=1S/C14H17ClN2O/c1-10-4-5-14(18-3)12(6-10)8-17-9-13(7-16-17)11(2)15/h4-7,9,11H,8H2,1-3H3. The van der Waals surface area contributed by atoms with Crippen LogP contribution in [0.4, 0.5) is 0 Å². The van der Waals surface area contributed by atoms with Crippen LogP contribution in [0.25, 0.3) is 0 Å². The molecule has 0 saturated carbocycles. The van der Waals surface area contributed by atoms with Crippen LogP contribution in [0, 0.1) is 6.92 Å². The maximum atomic E-state index is 6.03. The smallest absolute Gasteiger partial charge is 0.123 e. The first-order valence-electron chi connectivity index (χ1n) is 5.90. The molecule has 0 radical (unpaired) electrons. The Morgan fingerprint density at radius 3 is 2.83 bits per heavy atom. The SMILES string of the molecule is COc1ccc(C)cc1Cn1cc(C(C)Cl)cn1. The first-order chi connectivity index (χ1) is 8.60. The van der Waals surface area contributed by atoms with Gasteiger partial charge in [0.05, 0.1) is 25.2 Å². The number of ether oxygens (including phenoxy) is 1. The fraction of sp³-hybridized carbons (Fsp3) is 0.357. The highest BCUT2D eigenvalue weighted by molar-refractivity contribution is 6.20. The summed E-state index contributed by atoms with van der Waals surface area (Å²) < 4.78 is 7.24. The number of nitrogens with zero attached hydrogens (tertiary/aromatic N) is 2. The minimum absolute atomic E-state index is 0.0156. The summed E-state index contributed by atoms with van der Waals surface area (Å²) in [5.41, 5.74) is 3.36. The summed E-state index contributed by atoms with van der Waals surface area (Å²) in [7, 11) is 1.68. The van der Waals surface area contributed by atoms with Crippen LogP contribution < -0.4 is 4.74 Å². The molecule has 0 N–H and O–H groups in total. The van der Waals surface area contributed by atoms with E-state index in [0.717, 1.165) is 16.9 Å². The van der Waals surface area contributed by atoms with Crippen molar-refractivity contribution in [1.82, 2.24) is 9.78 Å². The van der Waals surface area contributed by atoms with E-state index < -0.39 is 0 Å². The van der Waals surface area contributed by atoms with E-state index in [1.165, 1.54) is 5.56 Å². The third-order valence-electron chi connectivity index (χ3n) is 2.88. The van der Waals surface area contributed by atoms with Gasteiger partial charge in [-0.15, -0.1) is 11.6 Å². The first kappa shape index (κ1) is 13.0. The fourth-order valence-corrected chi connectivity index (χ4v) is 1.99. The molecule has 0 bridgehead atoms. The van der Waals surface area contributed by atoms with E-state index in [1.54, 1.807) is 13.3 Å². The molecule has 1 aromatic heterocycles. The average Bonchev–Trinajstić information content (AvgIpc) is 2.78. The average molecular weight is 265 g/mol. The molecule has 0 spiro atoms. The molecular weight excluding hydrogens is 248 g/mol. The molecule has 0 aliphatic carbocycles. The second-order valence-corrected chi connectivity index (χ2v) is 5.06. The van der Waals surface area contributed by atoms with Crippen molar-refractivity contribution in [3.63, 3.8) is 0 Å².